The summed E-state index contributed by atoms with van der Waals surface area (Å²) in [6, 6.07) is 0. The van der Waals surface area contributed by atoms with Gasteiger partial charge in [-0.15, -0.1) is 0 Å². The molecule has 14 heavy (non-hydrogen) atoms. The molecule has 1 aliphatic heterocycles. The van der Waals surface area contributed by atoms with Crippen molar-refractivity contribution in [1.29, 1.82) is 0 Å². The van der Waals surface area contributed by atoms with E-state index in [-0.39, 0.29) is 0 Å². The second-order valence-electron chi connectivity index (χ2n) is 4.78. The van der Waals surface area contributed by atoms with Crippen LogP contribution < -0.4 is 0 Å². The summed E-state index contributed by atoms with van der Waals surface area (Å²) in [6.07, 6.45) is 5.22. The molecule has 1 aliphatic carbocycles. The Hall–Kier alpha value is -0.570. The minimum atomic E-state index is 0.438. The number of nitrogens with zero attached hydrogens (tertiary/aromatic N) is 2. The van der Waals surface area contributed by atoms with Gasteiger partial charge in [0.15, 0.2) is 0 Å². The molecule has 80 valence electrons. The Morgan fingerprint density at radius 1 is 1.50 bits per heavy atom. The molecule has 3 nitrogen and oxygen atoms in total. The summed E-state index contributed by atoms with van der Waals surface area (Å²) in [4.78, 5) is 2.51. The fourth-order valence-corrected chi connectivity index (χ4v) is 2.23. The third-order valence-corrected chi connectivity index (χ3v) is 3.46. The molecule has 1 unspecified atom stereocenters. The van der Waals surface area contributed by atoms with Gasteiger partial charge in [-0.3, -0.25) is 0 Å². The van der Waals surface area contributed by atoms with Gasteiger partial charge in [0, 0.05) is 25.4 Å². The number of hydrogen-bond acceptors (Lipinski definition) is 3. The fourth-order valence-electron chi connectivity index (χ4n) is 2.23. The Labute approximate surface area is 85.8 Å². The van der Waals surface area contributed by atoms with Crippen molar-refractivity contribution in [3.63, 3.8) is 0 Å². The Morgan fingerprint density at radius 2 is 2.29 bits per heavy atom. The molecule has 2 rings (SSSR count). The molecular weight excluding hydrogens is 176 g/mol. The second kappa shape index (κ2) is 4.30. The van der Waals surface area contributed by atoms with Crippen LogP contribution in [0.2, 0.25) is 0 Å². The lowest BCUT2D eigenvalue weighted by molar-refractivity contribution is 0.230. The van der Waals surface area contributed by atoms with Crippen molar-refractivity contribution >= 4 is 5.71 Å². The predicted molar refractivity (Wildman–Crippen MR) is 56.8 cm³/mol. The highest BCUT2D eigenvalue weighted by Crippen LogP contribution is 2.32. The van der Waals surface area contributed by atoms with Crippen molar-refractivity contribution in [2.45, 2.75) is 32.6 Å². The summed E-state index contributed by atoms with van der Waals surface area (Å²) in [5.41, 5.74) is 0.979. The normalized spacial score (nSPS) is 32.4. The maximum absolute atomic E-state index is 8.75. The van der Waals surface area contributed by atoms with E-state index in [1.54, 1.807) is 0 Å². The minimum Gasteiger partial charge on any atom is -0.411 e. The maximum atomic E-state index is 8.75. The van der Waals surface area contributed by atoms with Crippen molar-refractivity contribution in [3.05, 3.63) is 0 Å². The molecule has 2 aliphatic rings. The molecule has 0 aromatic rings. The molecule has 0 bridgehead atoms. The van der Waals surface area contributed by atoms with E-state index in [0.717, 1.165) is 31.1 Å². The monoisotopic (exact) mass is 196 g/mol. The molecular formula is C11H20N2O. The summed E-state index contributed by atoms with van der Waals surface area (Å²) < 4.78 is 0. The topological polar surface area (TPSA) is 35.8 Å². The van der Waals surface area contributed by atoms with Crippen LogP contribution in [0.25, 0.3) is 0 Å². The molecule has 1 saturated carbocycles. The van der Waals surface area contributed by atoms with Gasteiger partial charge in [0.1, 0.15) is 0 Å². The van der Waals surface area contributed by atoms with Crippen LogP contribution in [0.3, 0.4) is 0 Å². The van der Waals surface area contributed by atoms with Gasteiger partial charge >= 0.3 is 0 Å². The van der Waals surface area contributed by atoms with Crippen LogP contribution in [-0.4, -0.2) is 35.5 Å². The van der Waals surface area contributed by atoms with Crippen LogP contribution in [0.15, 0.2) is 5.16 Å². The summed E-state index contributed by atoms with van der Waals surface area (Å²) in [7, 11) is 0. The lowest BCUT2D eigenvalue weighted by Gasteiger charge is -2.31. The van der Waals surface area contributed by atoms with E-state index in [9.17, 15) is 0 Å². The van der Waals surface area contributed by atoms with Crippen molar-refractivity contribution < 1.29 is 5.21 Å². The third kappa shape index (κ3) is 2.47. The Bertz CT molecular complexity index is 223. The first-order valence-corrected chi connectivity index (χ1v) is 5.72. The maximum Gasteiger partial charge on any atom is 0.0624 e. The molecule has 2 fully saturated rings. The number of rotatable bonds is 3. The van der Waals surface area contributed by atoms with Gasteiger partial charge in [-0.1, -0.05) is 24.9 Å². The molecule has 0 radical (unpaired) electrons. The summed E-state index contributed by atoms with van der Waals surface area (Å²) in [5.74, 6) is 1.46. The van der Waals surface area contributed by atoms with E-state index < -0.39 is 0 Å². The molecule has 0 amide bonds. The number of likely N-dealkylation sites (tertiary alicyclic amines) is 1. The Balaban J connectivity index is 1.73. The van der Waals surface area contributed by atoms with Crippen LogP contribution >= 0.6 is 0 Å². The van der Waals surface area contributed by atoms with Crippen LogP contribution in [0.4, 0.5) is 0 Å². The van der Waals surface area contributed by atoms with Gasteiger partial charge in [0.05, 0.1) is 5.71 Å². The van der Waals surface area contributed by atoms with Crippen LogP contribution in [-0.2, 0) is 0 Å². The third-order valence-electron chi connectivity index (χ3n) is 3.46. The van der Waals surface area contributed by atoms with Crippen molar-refractivity contribution in [3.8, 4) is 0 Å². The Morgan fingerprint density at radius 3 is 2.86 bits per heavy atom. The lowest BCUT2D eigenvalue weighted by atomic mass is 9.97. The van der Waals surface area contributed by atoms with E-state index in [0.29, 0.717) is 5.92 Å². The molecule has 1 saturated heterocycles. The smallest absolute Gasteiger partial charge is 0.0624 e. The van der Waals surface area contributed by atoms with E-state index in [1.807, 2.05) is 0 Å². The van der Waals surface area contributed by atoms with Crippen molar-refractivity contribution in [1.82, 2.24) is 4.90 Å². The van der Waals surface area contributed by atoms with Gasteiger partial charge in [0.2, 0.25) is 0 Å². The lowest BCUT2D eigenvalue weighted by Crippen LogP contribution is -2.40. The van der Waals surface area contributed by atoms with Gasteiger partial charge in [-0.25, -0.2) is 0 Å². The number of piperidine rings is 1. The fraction of sp³-hybridized carbons (Fsp3) is 0.909. The average Bonchev–Trinajstić information content (AvgIpc) is 2.98. The van der Waals surface area contributed by atoms with Crippen LogP contribution in [0.5, 0.6) is 0 Å². The summed E-state index contributed by atoms with van der Waals surface area (Å²) >= 11 is 0. The molecule has 3 heteroatoms. The predicted octanol–water partition coefficient (Wildman–Crippen LogP) is 1.96. The van der Waals surface area contributed by atoms with Crippen molar-refractivity contribution in [2.75, 3.05) is 19.6 Å². The summed E-state index contributed by atoms with van der Waals surface area (Å²) in [5, 5.41) is 12.1. The molecule has 1 N–H and O–H groups in total. The average molecular weight is 196 g/mol. The van der Waals surface area contributed by atoms with E-state index in [2.05, 4.69) is 17.0 Å². The van der Waals surface area contributed by atoms with Gasteiger partial charge < -0.3 is 10.1 Å². The van der Waals surface area contributed by atoms with E-state index >= 15 is 0 Å². The molecule has 0 spiro atoms. The highest BCUT2D eigenvalue weighted by atomic mass is 16.4. The number of oxime groups is 1. The first kappa shape index (κ1) is 9.97. The molecule has 1 atom stereocenters. The molecule has 1 heterocycles. The standard InChI is InChI=1S/C11H20N2O/c1-9-8-13(6-4-10-2-3-10)7-5-11(9)12-14/h9-10,14H,2-8H2,1H3. The quantitative estimate of drug-likeness (QED) is 0.553. The van der Waals surface area contributed by atoms with Gasteiger partial charge in [-0.2, -0.15) is 0 Å². The molecule has 0 aromatic carbocycles. The first-order chi connectivity index (χ1) is 6.79. The minimum absolute atomic E-state index is 0.438. The zero-order valence-electron chi connectivity index (χ0n) is 8.95. The van der Waals surface area contributed by atoms with Crippen LogP contribution in [0, 0.1) is 11.8 Å². The highest BCUT2D eigenvalue weighted by molar-refractivity contribution is 5.86. The van der Waals surface area contributed by atoms with Gasteiger partial charge in [-0.05, 0) is 18.9 Å². The SMILES string of the molecule is CC1CN(CCC2CC2)CCC1=NO. The first-order valence-electron chi connectivity index (χ1n) is 5.72. The summed E-state index contributed by atoms with van der Waals surface area (Å²) in [6.45, 7) is 5.55. The highest BCUT2D eigenvalue weighted by Gasteiger charge is 2.25. The van der Waals surface area contributed by atoms with E-state index in [4.69, 9.17) is 5.21 Å². The number of hydrogen-bond donors (Lipinski definition) is 1. The van der Waals surface area contributed by atoms with Crippen LogP contribution in [0.1, 0.15) is 32.6 Å². The zero-order valence-corrected chi connectivity index (χ0v) is 8.95. The largest absolute Gasteiger partial charge is 0.411 e. The zero-order chi connectivity index (χ0) is 9.97. The van der Waals surface area contributed by atoms with E-state index in [1.165, 1.54) is 25.8 Å². The molecule has 0 aromatic heterocycles. The van der Waals surface area contributed by atoms with Gasteiger partial charge in [0.25, 0.3) is 0 Å². The van der Waals surface area contributed by atoms with Crippen molar-refractivity contribution in [2.24, 2.45) is 17.0 Å². The second-order valence-corrected chi connectivity index (χ2v) is 4.78. The Kier molecular flexibility index (Phi) is 3.06.